The zero-order chi connectivity index (χ0) is 15.6. The molecule has 0 heterocycles. The first-order valence-corrected chi connectivity index (χ1v) is 7.11. The summed E-state index contributed by atoms with van der Waals surface area (Å²) in [6.07, 6.45) is 0. The molecule has 0 saturated carbocycles. The van der Waals surface area contributed by atoms with E-state index in [1.54, 1.807) is 38.3 Å². The number of halogens is 3. The van der Waals surface area contributed by atoms with Crippen LogP contribution in [0.5, 0.6) is 11.5 Å². The van der Waals surface area contributed by atoms with Gasteiger partial charge in [-0.3, -0.25) is 0 Å². The summed E-state index contributed by atoms with van der Waals surface area (Å²) < 4.78 is 23.8. The molecule has 0 bridgehead atoms. The Labute approximate surface area is 133 Å². The van der Waals surface area contributed by atoms with Crippen molar-refractivity contribution in [3.8, 4) is 11.5 Å². The van der Waals surface area contributed by atoms with E-state index in [-0.39, 0.29) is 5.82 Å². The molecule has 0 spiro atoms. The first kappa shape index (κ1) is 15.9. The summed E-state index contributed by atoms with van der Waals surface area (Å²) in [5.41, 5.74) is 1.99. The lowest BCUT2D eigenvalue weighted by Gasteiger charge is -2.16. The maximum Gasteiger partial charge on any atom is 0.162 e. The highest BCUT2D eigenvalue weighted by atomic mass is 35.5. The Morgan fingerprint density at radius 2 is 1.67 bits per heavy atom. The van der Waals surface area contributed by atoms with Crippen LogP contribution in [0.15, 0.2) is 30.3 Å². The Kier molecular flexibility index (Phi) is 4.96. The van der Waals surface area contributed by atoms with Crippen molar-refractivity contribution in [3.05, 3.63) is 57.9 Å². The van der Waals surface area contributed by atoms with Gasteiger partial charge in [-0.15, -0.1) is 11.6 Å². The summed E-state index contributed by atoms with van der Waals surface area (Å²) in [4.78, 5) is 0. The molecule has 2 nitrogen and oxygen atoms in total. The Morgan fingerprint density at radius 3 is 2.24 bits per heavy atom. The fraction of sp³-hybridized carbons (Fsp3) is 0.250. The highest BCUT2D eigenvalue weighted by Crippen LogP contribution is 2.40. The van der Waals surface area contributed by atoms with E-state index in [1.807, 2.05) is 0 Å². The molecule has 112 valence electrons. The van der Waals surface area contributed by atoms with E-state index in [1.165, 1.54) is 13.2 Å². The zero-order valence-electron chi connectivity index (χ0n) is 11.9. The molecule has 0 aliphatic rings. The van der Waals surface area contributed by atoms with Gasteiger partial charge >= 0.3 is 0 Å². The minimum atomic E-state index is -0.503. The van der Waals surface area contributed by atoms with Gasteiger partial charge < -0.3 is 9.47 Å². The van der Waals surface area contributed by atoms with E-state index < -0.39 is 5.38 Å². The van der Waals surface area contributed by atoms with E-state index in [9.17, 15) is 4.39 Å². The summed E-state index contributed by atoms with van der Waals surface area (Å²) >= 11 is 12.7. The van der Waals surface area contributed by atoms with Crippen LogP contribution >= 0.6 is 23.2 Å². The highest BCUT2D eigenvalue weighted by molar-refractivity contribution is 6.33. The average molecular weight is 329 g/mol. The van der Waals surface area contributed by atoms with Crippen molar-refractivity contribution in [2.75, 3.05) is 14.2 Å². The molecule has 0 radical (unpaired) electrons. The van der Waals surface area contributed by atoms with Gasteiger partial charge in [0.05, 0.1) is 19.6 Å². The number of alkyl halides is 1. The predicted molar refractivity (Wildman–Crippen MR) is 83.4 cm³/mol. The Balaban J connectivity index is 2.47. The van der Waals surface area contributed by atoms with Gasteiger partial charge in [0.1, 0.15) is 5.82 Å². The first-order valence-electron chi connectivity index (χ1n) is 6.29. The van der Waals surface area contributed by atoms with Gasteiger partial charge in [-0.1, -0.05) is 23.7 Å². The third-order valence-corrected chi connectivity index (χ3v) is 4.06. The number of benzene rings is 2. The van der Waals surface area contributed by atoms with Gasteiger partial charge in [0.25, 0.3) is 0 Å². The number of aryl methyl sites for hydroxylation is 1. The highest BCUT2D eigenvalue weighted by Gasteiger charge is 2.18. The average Bonchev–Trinajstić information content (AvgIpc) is 2.49. The Bertz CT molecular complexity index is 659. The zero-order valence-corrected chi connectivity index (χ0v) is 13.4. The van der Waals surface area contributed by atoms with Gasteiger partial charge in [-0.2, -0.15) is 0 Å². The summed E-state index contributed by atoms with van der Waals surface area (Å²) in [7, 11) is 3.08. The van der Waals surface area contributed by atoms with Crippen LogP contribution in [0.4, 0.5) is 4.39 Å². The number of rotatable bonds is 4. The summed E-state index contributed by atoms with van der Waals surface area (Å²) in [6.45, 7) is 1.69. The fourth-order valence-electron chi connectivity index (χ4n) is 2.07. The standard InChI is InChI=1S/C16H15Cl2FO2/c1-9-6-10(4-5-13(9)19)16(18)11-7-14(20-2)15(21-3)8-12(11)17/h4-8,16H,1-3H3. The lowest BCUT2D eigenvalue weighted by molar-refractivity contribution is 0.354. The van der Waals surface area contributed by atoms with E-state index >= 15 is 0 Å². The van der Waals surface area contributed by atoms with Crippen molar-refractivity contribution < 1.29 is 13.9 Å². The smallest absolute Gasteiger partial charge is 0.162 e. The molecule has 1 atom stereocenters. The molecule has 0 aliphatic heterocycles. The lowest BCUT2D eigenvalue weighted by Crippen LogP contribution is -1.99. The number of methoxy groups -OCH3 is 2. The molecule has 5 heteroatoms. The number of ether oxygens (including phenoxy) is 2. The Hall–Kier alpha value is -1.45. The minimum Gasteiger partial charge on any atom is -0.493 e. The SMILES string of the molecule is COc1cc(Cl)c(C(Cl)c2ccc(F)c(C)c2)cc1OC. The van der Waals surface area contributed by atoms with Crippen molar-refractivity contribution >= 4 is 23.2 Å². The van der Waals surface area contributed by atoms with Crippen molar-refractivity contribution in [1.82, 2.24) is 0 Å². The van der Waals surface area contributed by atoms with Crippen molar-refractivity contribution in [1.29, 1.82) is 0 Å². The van der Waals surface area contributed by atoms with Crippen LogP contribution in [-0.2, 0) is 0 Å². The summed E-state index contributed by atoms with van der Waals surface area (Å²) in [6, 6.07) is 8.14. The fourth-order valence-corrected chi connectivity index (χ4v) is 2.70. The van der Waals surface area contributed by atoms with Crippen LogP contribution in [0.3, 0.4) is 0 Å². The van der Waals surface area contributed by atoms with E-state index in [2.05, 4.69) is 0 Å². The van der Waals surface area contributed by atoms with Gasteiger partial charge in [0.2, 0.25) is 0 Å². The molecule has 0 amide bonds. The van der Waals surface area contributed by atoms with Crippen LogP contribution in [0.2, 0.25) is 5.02 Å². The molecule has 21 heavy (non-hydrogen) atoms. The second kappa shape index (κ2) is 6.54. The molecule has 2 aromatic rings. The molecule has 0 aromatic heterocycles. The molecule has 0 saturated heterocycles. The van der Waals surface area contributed by atoms with Crippen LogP contribution in [-0.4, -0.2) is 14.2 Å². The van der Waals surface area contributed by atoms with Crippen LogP contribution in [0.1, 0.15) is 22.1 Å². The van der Waals surface area contributed by atoms with Crippen molar-refractivity contribution in [3.63, 3.8) is 0 Å². The third-order valence-electron chi connectivity index (χ3n) is 3.25. The normalized spacial score (nSPS) is 12.1. The molecule has 2 rings (SSSR count). The molecule has 0 aliphatic carbocycles. The number of hydrogen-bond acceptors (Lipinski definition) is 2. The second-order valence-corrected chi connectivity index (χ2v) is 5.44. The van der Waals surface area contributed by atoms with Crippen LogP contribution in [0.25, 0.3) is 0 Å². The third kappa shape index (κ3) is 3.25. The van der Waals surface area contributed by atoms with Crippen molar-refractivity contribution in [2.24, 2.45) is 0 Å². The Morgan fingerprint density at radius 1 is 1.05 bits per heavy atom. The molecule has 0 N–H and O–H groups in total. The summed E-state index contributed by atoms with van der Waals surface area (Å²) in [5, 5.41) is -0.0359. The molecular weight excluding hydrogens is 314 g/mol. The van der Waals surface area contributed by atoms with Crippen LogP contribution < -0.4 is 9.47 Å². The number of hydrogen-bond donors (Lipinski definition) is 0. The molecule has 2 aromatic carbocycles. The van der Waals surface area contributed by atoms with E-state index in [4.69, 9.17) is 32.7 Å². The van der Waals surface area contributed by atoms with Gasteiger partial charge in [-0.05, 0) is 35.7 Å². The van der Waals surface area contributed by atoms with Crippen molar-refractivity contribution in [2.45, 2.75) is 12.3 Å². The predicted octanol–water partition coefficient (Wildman–Crippen LogP) is 5.13. The minimum absolute atomic E-state index is 0.263. The molecular formula is C16H15Cl2FO2. The van der Waals surface area contributed by atoms with Gasteiger partial charge in [0.15, 0.2) is 11.5 Å². The quantitative estimate of drug-likeness (QED) is 0.724. The van der Waals surface area contributed by atoms with E-state index in [0.29, 0.717) is 27.6 Å². The van der Waals surface area contributed by atoms with Gasteiger partial charge in [-0.25, -0.2) is 4.39 Å². The maximum atomic E-state index is 13.4. The lowest BCUT2D eigenvalue weighted by atomic mass is 10.0. The summed E-state index contributed by atoms with van der Waals surface area (Å²) in [5.74, 6) is 0.813. The topological polar surface area (TPSA) is 18.5 Å². The first-order chi connectivity index (χ1) is 9.97. The van der Waals surface area contributed by atoms with Crippen LogP contribution in [0, 0.1) is 12.7 Å². The molecule has 1 unspecified atom stereocenters. The second-order valence-electron chi connectivity index (χ2n) is 4.60. The van der Waals surface area contributed by atoms with Gasteiger partial charge in [0, 0.05) is 11.1 Å². The largest absolute Gasteiger partial charge is 0.493 e. The monoisotopic (exact) mass is 328 g/mol. The maximum absolute atomic E-state index is 13.4. The molecule has 0 fully saturated rings. The van der Waals surface area contributed by atoms with E-state index in [0.717, 1.165) is 5.56 Å².